The van der Waals surface area contributed by atoms with Crippen LogP contribution in [0.4, 0.5) is 11.6 Å². The largest absolute Gasteiger partial charge is 0.384 e. The highest BCUT2D eigenvalue weighted by Crippen LogP contribution is 2.13. The summed E-state index contributed by atoms with van der Waals surface area (Å²) in [7, 11) is 0. The van der Waals surface area contributed by atoms with Crippen molar-refractivity contribution < 1.29 is 1.43 Å². The minimum Gasteiger partial charge on any atom is -0.384 e. The Bertz CT molecular complexity index is 776. The Kier molecular flexibility index (Phi) is 5.52. The maximum atomic E-state index is 5.82. The lowest BCUT2D eigenvalue weighted by Crippen LogP contribution is -2.00. The van der Waals surface area contributed by atoms with Gasteiger partial charge in [-0.25, -0.2) is 9.97 Å². The fraction of sp³-hybridized carbons (Fsp3) is 0.273. The van der Waals surface area contributed by atoms with Crippen LogP contribution in [0.5, 0.6) is 0 Å². The topological polar surface area (TPSA) is 77.8 Å². The average Bonchev–Trinajstić information content (AvgIpc) is 2.57. The van der Waals surface area contributed by atoms with E-state index in [0.29, 0.717) is 11.6 Å². The van der Waals surface area contributed by atoms with Crippen LogP contribution in [0.15, 0.2) is 48.5 Å². The number of rotatable bonds is 6. The van der Waals surface area contributed by atoms with E-state index in [0.717, 1.165) is 48.2 Å². The highest BCUT2D eigenvalue weighted by atomic mass is 14.8. The fourth-order valence-corrected chi connectivity index (χ4v) is 3.21. The fourth-order valence-electron chi connectivity index (χ4n) is 3.21. The Morgan fingerprint density at radius 3 is 1.38 bits per heavy atom. The van der Waals surface area contributed by atoms with Gasteiger partial charge in [0.2, 0.25) is 0 Å². The summed E-state index contributed by atoms with van der Waals surface area (Å²) in [6.07, 6.45) is 3.73. The monoisotopic (exact) mass is 348 g/mol. The normalized spacial score (nSPS) is 10.8. The number of nitrogens with two attached hydrogens (primary N) is 2. The van der Waals surface area contributed by atoms with Gasteiger partial charge < -0.3 is 11.5 Å². The van der Waals surface area contributed by atoms with Crippen LogP contribution in [0.2, 0.25) is 0 Å². The summed E-state index contributed by atoms with van der Waals surface area (Å²) >= 11 is 0. The Morgan fingerprint density at radius 2 is 1.04 bits per heavy atom. The van der Waals surface area contributed by atoms with Crippen LogP contribution < -0.4 is 11.5 Å². The molecule has 0 amide bonds. The first-order valence-corrected chi connectivity index (χ1v) is 9.02. The zero-order chi connectivity index (χ0) is 18.5. The van der Waals surface area contributed by atoms with Crippen molar-refractivity contribution in [3.05, 3.63) is 82.2 Å². The molecule has 3 rings (SSSR count). The molecule has 1 aromatic carbocycles. The van der Waals surface area contributed by atoms with Gasteiger partial charge in [-0.1, -0.05) is 24.3 Å². The summed E-state index contributed by atoms with van der Waals surface area (Å²) in [5.74, 6) is 1.20. The first-order chi connectivity index (χ1) is 12.5. The third kappa shape index (κ3) is 5.06. The van der Waals surface area contributed by atoms with Crippen molar-refractivity contribution in [2.75, 3.05) is 11.5 Å². The van der Waals surface area contributed by atoms with Crippen LogP contribution >= 0.6 is 0 Å². The summed E-state index contributed by atoms with van der Waals surface area (Å²) in [6.45, 7) is 4.10. The number of anilines is 2. The van der Waals surface area contributed by atoms with Gasteiger partial charge in [-0.3, -0.25) is 0 Å². The number of hydrogen-bond acceptors (Lipinski definition) is 4. The second-order valence-electron chi connectivity index (χ2n) is 6.94. The molecule has 136 valence electrons. The molecule has 0 aliphatic rings. The number of hydrogen-bond donors (Lipinski definition) is 2. The Morgan fingerprint density at radius 1 is 0.654 bits per heavy atom. The molecule has 0 spiro atoms. The zero-order valence-electron chi connectivity index (χ0n) is 15.5. The molecule has 2 heterocycles. The quantitative estimate of drug-likeness (QED) is 0.704. The lowest BCUT2D eigenvalue weighted by molar-refractivity contribution is 0.898. The molecule has 4 nitrogen and oxygen atoms in total. The van der Waals surface area contributed by atoms with E-state index < -0.39 is 0 Å². The first-order valence-electron chi connectivity index (χ1n) is 9.02. The van der Waals surface area contributed by atoms with Gasteiger partial charge in [-0.2, -0.15) is 0 Å². The molecule has 2 aromatic heterocycles. The molecular weight excluding hydrogens is 320 g/mol. The van der Waals surface area contributed by atoms with E-state index in [2.05, 4.69) is 46.4 Å². The zero-order valence-corrected chi connectivity index (χ0v) is 15.5. The van der Waals surface area contributed by atoms with Gasteiger partial charge in [0.05, 0.1) is 0 Å². The van der Waals surface area contributed by atoms with Gasteiger partial charge in [0.25, 0.3) is 0 Å². The molecule has 0 aliphatic carbocycles. The highest BCUT2D eigenvalue weighted by Gasteiger charge is 2.02. The van der Waals surface area contributed by atoms with E-state index in [4.69, 9.17) is 11.5 Å². The number of aromatic nitrogens is 2. The van der Waals surface area contributed by atoms with Crippen molar-refractivity contribution in [1.29, 1.82) is 0 Å². The molecular formula is C22H28N4. The smallest absolute Gasteiger partial charge is 0.123 e. The summed E-state index contributed by atoms with van der Waals surface area (Å²) in [4.78, 5) is 8.81. The van der Waals surface area contributed by atoms with Gasteiger partial charge in [0.15, 0.2) is 0 Å². The lowest BCUT2D eigenvalue weighted by atomic mass is 10.0. The number of nitrogens with zero attached hydrogens (tertiary/aromatic N) is 2. The maximum Gasteiger partial charge on any atom is 0.123 e. The summed E-state index contributed by atoms with van der Waals surface area (Å²) in [5.41, 5.74) is 18.7. The Labute approximate surface area is 156 Å². The van der Waals surface area contributed by atoms with Crippen LogP contribution in [0.1, 0.15) is 35.1 Å². The van der Waals surface area contributed by atoms with Crippen molar-refractivity contribution >= 4 is 11.6 Å². The van der Waals surface area contributed by atoms with Crippen molar-refractivity contribution in [3.8, 4) is 0 Å². The van der Waals surface area contributed by atoms with Crippen LogP contribution in [-0.4, -0.2) is 9.97 Å². The molecule has 0 fully saturated rings. The highest BCUT2D eigenvalue weighted by molar-refractivity contribution is 5.35. The second kappa shape index (κ2) is 8.00. The summed E-state index contributed by atoms with van der Waals surface area (Å²) in [5, 5.41) is 0. The van der Waals surface area contributed by atoms with E-state index in [9.17, 15) is 0 Å². The predicted molar refractivity (Wildman–Crippen MR) is 110 cm³/mol. The summed E-state index contributed by atoms with van der Waals surface area (Å²) < 4.78 is 0. The van der Waals surface area contributed by atoms with Crippen molar-refractivity contribution in [3.63, 3.8) is 0 Å². The van der Waals surface area contributed by atoms with Gasteiger partial charge >= 0.3 is 0 Å². The molecule has 0 bridgehead atoms. The Hall–Kier alpha value is -2.88. The van der Waals surface area contributed by atoms with Crippen molar-refractivity contribution in [2.24, 2.45) is 0 Å². The van der Waals surface area contributed by atoms with E-state index >= 15 is 0 Å². The van der Waals surface area contributed by atoms with E-state index in [-0.39, 0.29) is 1.43 Å². The molecule has 4 heteroatoms. The number of nitrogen functional groups attached to an aromatic ring is 2. The van der Waals surface area contributed by atoms with E-state index in [1.807, 2.05) is 26.0 Å². The molecule has 0 unspecified atom stereocenters. The minimum atomic E-state index is 0. The molecule has 0 aliphatic heterocycles. The van der Waals surface area contributed by atoms with Crippen molar-refractivity contribution in [1.82, 2.24) is 9.97 Å². The molecule has 4 N–H and O–H groups in total. The molecule has 3 aromatic rings. The van der Waals surface area contributed by atoms with E-state index in [1.165, 1.54) is 11.1 Å². The van der Waals surface area contributed by atoms with Crippen LogP contribution in [-0.2, 0) is 25.7 Å². The SMILES string of the molecule is Cc1cc(N)nc(CCc2ccc(CCc3cc(C)cc(N)n3)cc2)c1.[HH]. The number of aryl methyl sites for hydroxylation is 6. The standard InChI is InChI=1S/C22H26N4.H2/c1-15-11-19(25-21(23)13-15)9-7-17-3-5-18(6-4-17)8-10-20-12-16(2)14-22(24)26-20;/h3-6,11-14H,7-10H2,1-2H3,(H2,23,25)(H2,24,26);1H. The van der Waals surface area contributed by atoms with Crippen LogP contribution in [0.25, 0.3) is 0 Å². The van der Waals surface area contributed by atoms with Crippen LogP contribution in [0, 0.1) is 13.8 Å². The molecule has 0 saturated heterocycles. The second-order valence-corrected chi connectivity index (χ2v) is 6.94. The number of benzene rings is 1. The molecule has 0 radical (unpaired) electrons. The molecule has 26 heavy (non-hydrogen) atoms. The Balaban J connectivity index is 0.00000261. The summed E-state index contributed by atoms with van der Waals surface area (Å²) in [6, 6.07) is 16.8. The van der Waals surface area contributed by atoms with E-state index in [1.54, 1.807) is 0 Å². The third-order valence-electron chi connectivity index (χ3n) is 4.45. The lowest BCUT2D eigenvalue weighted by Gasteiger charge is -2.07. The maximum absolute atomic E-state index is 5.82. The van der Waals surface area contributed by atoms with Gasteiger partial charge in [-0.05, 0) is 86.1 Å². The number of pyridine rings is 2. The van der Waals surface area contributed by atoms with Gasteiger partial charge in [0, 0.05) is 12.8 Å². The molecule has 0 atom stereocenters. The first kappa shape index (κ1) is 17.9. The third-order valence-corrected chi connectivity index (χ3v) is 4.45. The molecule has 0 saturated carbocycles. The van der Waals surface area contributed by atoms with Crippen LogP contribution in [0.3, 0.4) is 0 Å². The minimum absolute atomic E-state index is 0. The van der Waals surface area contributed by atoms with Gasteiger partial charge in [-0.15, -0.1) is 0 Å². The van der Waals surface area contributed by atoms with Crippen molar-refractivity contribution in [2.45, 2.75) is 39.5 Å². The van der Waals surface area contributed by atoms with Gasteiger partial charge in [0.1, 0.15) is 11.6 Å². The average molecular weight is 348 g/mol. The predicted octanol–water partition coefficient (Wildman–Crippen LogP) is 4.07.